The molecule has 0 aliphatic carbocycles. The van der Waals surface area contributed by atoms with Crippen LogP contribution >= 0.6 is 0 Å². The molecule has 1 atom stereocenters. The molecule has 0 rings (SSSR count). The highest BCUT2D eigenvalue weighted by molar-refractivity contribution is 5.71. The highest BCUT2D eigenvalue weighted by Crippen LogP contribution is 2.18. The molecule has 0 aromatic heterocycles. The lowest BCUT2D eigenvalue weighted by molar-refractivity contribution is -0.167. The van der Waals surface area contributed by atoms with Gasteiger partial charge in [-0.15, -0.1) is 0 Å². The molecule has 66 heavy (non-hydrogen) atoms. The lowest BCUT2D eigenvalue weighted by Crippen LogP contribution is -2.30. The number of carbonyl (C=O) groups is 3. The van der Waals surface area contributed by atoms with Crippen LogP contribution in [0.2, 0.25) is 0 Å². The van der Waals surface area contributed by atoms with Crippen LogP contribution in [0.15, 0.2) is 0 Å². The lowest BCUT2D eigenvalue weighted by Gasteiger charge is -2.18. The van der Waals surface area contributed by atoms with Crippen LogP contribution in [0.4, 0.5) is 0 Å². The zero-order valence-corrected chi connectivity index (χ0v) is 45.3. The third-order valence-electron chi connectivity index (χ3n) is 13.7. The van der Waals surface area contributed by atoms with Crippen molar-refractivity contribution in [2.45, 2.75) is 343 Å². The molecule has 0 unspecified atom stereocenters. The molecule has 0 heterocycles. The number of rotatable bonds is 54. The molecule has 0 aromatic carbocycles. The van der Waals surface area contributed by atoms with Crippen molar-refractivity contribution in [1.82, 2.24) is 0 Å². The van der Waals surface area contributed by atoms with E-state index in [0.717, 1.165) is 69.6 Å². The Morgan fingerprint density at radius 3 is 0.742 bits per heavy atom. The molecular weight excluding hydrogens is 817 g/mol. The topological polar surface area (TPSA) is 78.9 Å². The molecule has 6 heteroatoms. The van der Waals surface area contributed by atoms with E-state index in [1.54, 1.807) is 0 Å². The summed E-state index contributed by atoms with van der Waals surface area (Å²) in [5.74, 6) is 0.848. The number of carbonyl (C=O) groups excluding carboxylic acids is 3. The summed E-state index contributed by atoms with van der Waals surface area (Å²) in [6.07, 6.45) is 56.7. The highest BCUT2D eigenvalue weighted by Gasteiger charge is 2.19. The molecule has 0 amide bonds. The molecule has 0 spiro atoms. The van der Waals surface area contributed by atoms with Crippen LogP contribution in [0, 0.1) is 11.8 Å². The predicted octanol–water partition coefficient (Wildman–Crippen LogP) is 19.7. The SMILES string of the molecule is CCCCCCCCCCCCCCCC(=O)O[C@H](COC(=O)CCCCCCCCCCCCCCCCCCCCC(C)C)COC(=O)CCCCCCCCCCCCCC(C)C. The Labute approximate surface area is 412 Å². The molecule has 0 aromatic rings. The average molecular weight is 934 g/mol. The van der Waals surface area contributed by atoms with Crippen LogP contribution in [0.5, 0.6) is 0 Å². The van der Waals surface area contributed by atoms with Gasteiger partial charge in [-0.05, 0) is 31.1 Å². The minimum absolute atomic E-state index is 0.0624. The van der Waals surface area contributed by atoms with Crippen molar-refractivity contribution in [2.75, 3.05) is 13.2 Å². The van der Waals surface area contributed by atoms with Crippen molar-refractivity contribution in [3.63, 3.8) is 0 Å². The van der Waals surface area contributed by atoms with Crippen LogP contribution < -0.4 is 0 Å². The van der Waals surface area contributed by atoms with Gasteiger partial charge in [-0.2, -0.15) is 0 Å². The highest BCUT2D eigenvalue weighted by atomic mass is 16.6. The van der Waals surface area contributed by atoms with Gasteiger partial charge in [0.25, 0.3) is 0 Å². The van der Waals surface area contributed by atoms with Gasteiger partial charge in [0, 0.05) is 19.3 Å². The third-order valence-corrected chi connectivity index (χ3v) is 13.7. The molecule has 0 radical (unpaired) electrons. The van der Waals surface area contributed by atoms with E-state index in [1.807, 2.05) is 0 Å². The van der Waals surface area contributed by atoms with E-state index >= 15 is 0 Å². The van der Waals surface area contributed by atoms with Crippen molar-refractivity contribution in [2.24, 2.45) is 11.8 Å². The van der Waals surface area contributed by atoms with Crippen molar-refractivity contribution < 1.29 is 28.6 Å². The van der Waals surface area contributed by atoms with Gasteiger partial charge in [-0.1, -0.05) is 298 Å². The lowest BCUT2D eigenvalue weighted by atomic mass is 10.0. The molecule has 0 N–H and O–H groups in total. The Morgan fingerprint density at radius 2 is 0.500 bits per heavy atom. The maximum absolute atomic E-state index is 12.8. The largest absolute Gasteiger partial charge is 0.462 e. The number of hydrogen-bond donors (Lipinski definition) is 0. The van der Waals surface area contributed by atoms with Crippen molar-refractivity contribution in [3.05, 3.63) is 0 Å². The van der Waals surface area contributed by atoms with Gasteiger partial charge in [-0.25, -0.2) is 0 Å². The second-order valence-electron chi connectivity index (χ2n) is 21.6. The molecule has 6 nitrogen and oxygen atoms in total. The Hall–Kier alpha value is -1.59. The zero-order valence-electron chi connectivity index (χ0n) is 45.3. The van der Waals surface area contributed by atoms with Gasteiger partial charge in [0.15, 0.2) is 6.10 Å². The van der Waals surface area contributed by atoms with Gasteiger partial charge in [0.1, 0.15) is 13.2 Å². The summed E-state index contributed by atoms with van der Waals surface area (Å²) in [4.78, 5) is 38.1. The smallest absolute Gasteiger partial charge is 0.306 e. The minimum Gasteiger partial charge on any atom is -0.462 e. The Balaban J connectivity index is 4.23. The van der Waals surface area contributed by atoms with Crippen LogP contribution in [0.1, 0.15) is 336 Å². The maximum atomic E-state index is 12.8. The fourth-order valence-corrected chi connectivity index (χ4v) is 9.23. The standard InChI is InChI=1S/C60H116O6/c1-6-7-8-9-10-11-12-19-26-32-37-42-47-52-60(63)66-57(54-65-59(62)51-46-41-36-31-27-22-24-29-34-39-44-49-56(4)5)53-64-58(61)50-45-40-35-30-25-21-18-16-14-13-15-17-20-23-28-33-38-43-48-55(2)3/h55-57H,6-54H2,1-5H3/t57-/m1/s1. The number of hydrogen-bond acceptors (Lipinski definition) is 6. The molecule has 0 saturated carbocycles. The van der Waals surface area contributed by atoms with E-state index in [0.29, 0.717) is 19.3 Å². The van der Waals surface area contributed by atoms with Gasteiger partial charge in [0.2, 0.25) is 0 Å². The van der Waals surface area contributed by atoms with Crippen LogP contribution in [0.3, 0.4) is 0 Å². The Bertz CT molecular complexity index is 1010. The summed E-state index contributed by atoms with van der Waals surface area (Å²) in [6.45, 7) is 11.4. The first-order valence-corrected chi connectivity index (χ1v) is 29.7. The molecule has 0 bridgehead atoms. The normalized spacial score (nSPS) is 12.0. The van der Waals surface area contributed by atoms with Crippen molar-refractivity contribution in [3.8, 4) is 0 Å². The van der Waals surface area contributed by atoms with E-state index < -0.39 is 6.10 Å². The number of unbranched alkanes of at least 4 members (excludes halogenated alkanes) is 39. The van der Waals surface area contributed by atoms with Gasteiger partial charge in [-0.3, -0.25) is 14.4 Å². The number of ether oxygens (including phenoxy) is 3. The fraction of sp³-hybridized carbons (Fsp3) is 0.950. The quantitative estimate of drug-likeness (QED) is 0.0343. The van der Waals surface area contributed by atoms with E-state index in [9.17, 15) is 14.4 Å². The molecule has 0 aliphatic heterocycles. The second-order valence-corrected chi connectivity index (χ2v) is 21.6. The molecule has 0 saturated heterocycles. The molecule has 0 aliphatic rings. The van der Waals surface area contributed by atoms with E-state index in [1.165, 1.54) is 225 Å². The van der Waals surface area contributed by atoms with Crippen LogP contribution in [-0.4, -0.2) is 37.2 Å². The summed E-state index contributed by atoms with van der Waals surface area (Å²) < 4.78 is 16.9. The van der Waals surface area contributed by atoms with Crippen LogP contribution in [-0.2, 0) is 28.6 Å². The maximum Gasteiger partial charge on any atom is 0.306 e. The first-order valence-electron chi connectivity index (χ1n) is 29.7. The Kier molecular flexibility index (Phi) is 51.5. The summed E-state index contributed by atoms with van der Waals surface area (Å²) >= 11 is 0. The van der Waals surface area contributed by atoms with E-state index in [4.69, 9.17) is 14.2 Å². The zero-order chi connectivity index (χ0) is 48.2. The second kappa shape index (κ2) is 52.8. The van der Waals surface area contributed by atoms with Gasteiger partial charge in [0.05, 0.1) is 0 Å². The predicted molar refractivity (Wildman–Crippen MR) is 284 cm³/mol. The summed E-state index contributed by atoms with van der Waals surface area (Å²) in [7, 11) is 0. The minimum atomic E-state index is -0.762. The molecule has 392 valence electrons. The van der Waals surface area contributed by atoms with Crippen LogP contribution in [0.25, 0.3) is 0 Å². The molecular formula is C60H116O6. The summed E-state index contributed by atoms with van der Waals surface area (Å²) in [6, 6.07) is 0. The third kappa shape index (κ3) is 53.4. The average Bonchev–Trinajstić information content (AvgIpc) is 3.29. The number of esters is 3. The monoisotopic (exact) mass is 933 g/mol. The first kappa shape index (κ1) is 64.4. The van der Waals surface area contributed by atoms with Crippen molar-refractivity contribution >= 4 is 17.9 Å². The van der Waals surface area contributed by atoms with Crippen molar-refractivity contribution in [1.29, 1.82) is 0 Å². The van der Waals surface area contributed by atoms with Gasteiger partial charge < -0.3 is 14.2 Å². The first-order chi connectivity index (χ1) is 32.2. The van der Waals surface area contributed by atoms with Gasteiger partial charge >= 0.3 is 17.9 Å². The van der Waals surface area contributed by atoms with E-state index in [2.05, 4.69) is 34.6 Å². The summed E-state index contributed by atoms with van der Waals surface area (Å²) in [5.41, 5.74) is 0. The fourth-order valence-electron chi connectivity index (χ4n) is 9.23. The Morgan fingerprint density at radius 1 is 0.288 bits per heavy atom. The molecule has 0 fully saturated rings. The van der Waals surface area contributed by atoms with E-state index in [-0.39, 0.29) is 31.1 Å². The summed E-state index contributed by atoms with van der Waals surface area (Å²) in [5, 5.41) is 0.